The highest BCUT2D eigenvalue weighted by Gasteiger charge is 2.10. The molecule has 0 aromatic heterocycles. The summed E-state index contributed by atoms with van der Waals surface area (Å²) in [6.07, 6.45) is -1.02. The number of aliphatic hydroxyl groups excluding tert-OH is 2. The van der Waals surface area contributed by atoms with Crippen molar-refractivity contribution in [2.24, 2.45) is 5.73 Å². The molecular formula is C6H13NO4. The Morgan fingerprint density at radius 3 is 2.64 bits per heavy atom. The Bertz CT molecular complexity index is 126. The summed E-state index contributed by atoms with van der Waals surface area (Å²) in [4.78, 5) is 10.6. The van der Waals surface area contributed by atoms with Crippen molar-refractivity contribution in [2.45, 2.75) is 19.1 Å². The molecule has 0 rings (SSSR count). The monoisotopic (exact) mass is 163 g/mol. The van der Waals surface area contributed by atoms with E-state index >= 15 is 0 Å². The SMILES string of the molecule is CC(N)C(=O)OCC(O)CO. The molecule has 0 bridgehead atoms. The molecule has 0 amide bonds. The lowest BCUT2D eigenvalue weighted by atomic mass is 10.4. The first-order chi connectivity index (χ1) is 5.07. The van der Waals surface area contributed by atoms with E-state index in [1.165, 1.54) is 6.92 Å². The van der Waals surface area contributed by atoms with Gasteiger partial charge in [-0.05, 0) is 6.92 Å². The normalized spacial score (nSPS) is 15.6. The van der Waals surface area contributed by atoms with Crippen molar-refractivity contribution < 1.29 is 19.7 Å². The predicted octanol–water partition coefficient (Wildman–Crippen LogP) is -1.77. The quantitative estimate of drug-likeness (QED) is 0.426. The number of hydrogen-bond donors (Lipinski definition) is 3. The van der Waals surface area contributed by atoms with Gasteiger partial charge in [-0.25, -0.2) is 0 Å². The third kappa shape index (κ3) is 4.72. The highest BCUT2D eigenvalue weighted by atomic mass is 16.5. The van der Waals surface area contributed by atoms with E-state index in [9.17, 15) is 4.79 Å². The number of ether oxygens (including phenoxy) is 1. The molecule has 5 nitrogen and oxygen atoms in total. The summed E-state index contributed by atoms with van der Waals surface area (Å²) in [7, 11) is 0. The van der Waals surface area contributed by atoms with Gasteiger partial charge < -0.3 is 20.7 Å². The molecule has 11 heavy (non-hydrogen) atoms. The Balaban J connectivity index is 3.46. The molecule has 4 N–H and O–H groups in total. The number of esters is 1. The lowest BCUT2D eigenvalue weighted by Gasteiger charge is -2.09. The van der Waals surface area contributed by atoms with E-state index in [-0.39, 0.29) is 6.61 Å². The summed E-state index contributed by atoms with van der Waals surface area (Å²) in [6.45, 7) is 0.844. The van der Waals surface area contributed by atoms with E-state index in [1.807, 2.05) is 0 Å². The van der Waals surface area contributed by atoms with E-state index in [0.717, 1.165) is 0 Å². The third-order valence-electron chi connectivity index (χ3n) is 1.00. The second kappa shape index (κ2) is 5.06. The summed E-state index contributed by atoms with van der Waals surface area (Å²) >= 11 is 0. The zero-order valence-corrected chi connectivity index (χ0v) is 6.36. The fourth-order valence-electron chi connectivity index (χ4n) is 0.362. The minimum absolute atomic E-state index is 0.211. The van der Waals surface area contributed by atoms with Gasteiger partial charge in [0.05, 0.1) is 6.61 Å². The van der Waals surface area contributed by atoms with E-state index < -0.39 is 24.7 Å². The highest BCUT2D eigenvalue weighted by molar-refractivity contribution is 5.74. The molecule has 0 aliphatic carbocycles. The van der Waals surface area contributed by atoms with Crippen molar-refractivity contribution in [3.8, 4) is 0 Å². The van der Waals surface area contributed by atoms with Crippen LogP contribution in [0.5, 0.6) is 0 Å². The van der Waals surface area contributed by atoms with Gasteiger partial charge in [-0.3, -0.25) is 4.79 Å². The molecule has 0 aliphatic rings. The van der Waals surface area contributed by atoms with Crippen LogP contribution < -0.4 is 5.73 Å². The Kier molecular flexibility index (Phi) is 4.76. The summed E-state index contributed by atoms with van der Waals surface area (Å²) in [5.41, 5.74) is 5.14. The maximum atomic E-state index is 10.6. The molecule has 0 fully saturated rings. The minimum atomic E-state index is -1.02. The first kappa shape index (κ1) is 10.3. The molecule has 66 valence electrons. The average Bonchev–Trinajstić information content (AvgIpc) is 1.99. The number of carbonyl (C=O) groups is 1. The van der Waals surface area contributed by atoms with Gasteiger partial charge in [-0.2, -0.15) is 0 Å². The molecule has 5 heteroatoms. The van der Waals surface area contributed by atoms with Crippen LogP contribution in [0, 0.1) is 0 Å². The fraction of sp³-hybridized carbons (Fsp3) is 0.833. The number of aliphatic hydroxyl groups is 2. The molecule has 2 unspecified atom stereocenters. The number of nitrogens with two attached hydrogens (primary N) is 1. The molecule has 0 saturated heterocycles. The number of carbonyl (C=O) groups excluding carboxylic acids is 1. The van der Waals surface area contributed by atoms with Crippen molar-refractivity contribution >= 4 is 5.97 Å². The van der Waals surface area contributed by atoms with Gasteiger partial charge in [0.2, 0.25) is 0 Å². The standard InChI is InChI=1S/C6H13NO4/c1-4(7)6(10)11-3-5(9)2-8/h4-5,8-9H,2-3,7H2,1H3. The Labute approximate surface area is 64.8 Å². The van der Waals surface area contributed by atoms with Gasteiger partial charge in [0.15, 0.2) is 0 Å². The summed E-state index contributed by atoms with van der Waals surface area (Å²) in [6, 6.07) is -0.694. The van der Waals surface area contributed by atoms with E-state index in [4.69, 9.17) is 15.9 Å². The highest BCUT2D eigenvalue weighted by Crippen LogP contribution is 1.87. The summed E-state index contributed by atoms with van der Waals surface area (Å²) in [5.74, 6) is -0.586. The van der Waals surface area contributed by atoms with Crippen LogP contribution in [0.25, 0.3) is 0 Å². The minimum Gasteiger partial charge on any atom is -0.462 e. The topological polar surface area (TPSA) is 92.8 Å². The van der Waals surface area contributed by atoms with Gasteiger partial charge in [0.25, 0.3) is 0 Å². The lowest BCUT2D eigenvalue weighted by Crippen LogP contribution is -2.32. The molecule has 0 aromatic carbocycles. The average molecular weight is 163 g/mol. The smallest absolute Gasteiger partial charge is 0.322 e. The van der Waals surface area contributed by atoms with E-state index in [1.54, 1.807) is 0 Å². The summed E-state index contributed by atoms with van der Waals surface area (Å²) < 4.78 is 4.48. The Morgan fingerprint density at radius 2 is 2.27 bits per heavy atom. The molecule has 0 radical (unpaired) electrons. The first-order valence-corrected chi connectivity index (χ1v) is 3.29. The Hall–Kier alpha value is -0.650. The van der Waals surface area contributed by atoms with Crippen molar-refractivity contribution in [3.63, 3.8) is 0 Å². The van der Waals surface area contributed by atoms with Crippen LogP contribution in [0.15, 0.2) is 0 Å². The maximum Gasteiger partial charge on any atom is 0.322 e. The van der Waals surface area contributed by atoms with Crippen molar-refractivity contribution in [3.05, 3.63) is 0 Å². The molecule has 0 spiro atoms. The van der Waals surface area contributed by atoms with E-state index in [2.05, 4.69) is 4.74 Å². The zero-order chi connectivity index (χ0) is 8.85. The molecular weight excluding hydrogens is 150 g/mol. The fourth-order valence-corrected chi connectivity index (χ4v) is 0.362. The molecule has 2 atom stereocenters. The van der Waals surface area contributed by atoms with Crippen LogP contribution in [-0.2, 0) is 9.53 Å². The van der Waals surface area contributed by atoms with Gasteiger partial charge in [-0.15, -0.1) is 0 Å². The number of hydrogen-bond acceptors (Lipinski definition) is 5. The second-order valence-electron chi connectivity index (χ2n) is 2.26. The molecule has 0 saturated carbocycles. The molecule has 0 aromatic rings. The van der Waals surface area contributed by atoms with Gasteiger partial charge in [-0.1, -0.05) is 0 Å². The first-order valence-electron chi connectivity index (χ1n) is 3.29. The van der Waals surface area contributed by atoms with Crippen LogP contribution in [0.3, 0.4) is 0 Å². The van der Waals surface area contributed by atoms with Gasteiger partial charge in [0, 0.05) is 0 Å². The second-order valence-corrected chi connectivity index (χ2v) is 2.26. The van der Waals surface area contributed by atoms with E-state index in [0.29, 0.717) is 0 Å². The summed E-state index contributed by atoms with van der Waals surface area (Å²) in [5, 5.41) is 17.0. The van der Waals surface area contributed by atoms with Gasteiger partial charge in [0.1, 0.15) is 18.8 Å². The van der Waals surface area contributed by atoms with Crippen molar-refractivity contribution in [2.75, 3.05) is 13.2 Å². The van der Waals surface area contributed by atoms with Crippen LogP contribution in [0.4, 0.5) is 0 Å². The van der Waals surface area contributed by atoms with Crippen LogP contribution >= 0.6 is 0 Å². The van der Waals surface area contributed by atoms with Crippen LogP contribution in [0.2, 0.25) is 0 Å². The van der Waals surface area contributed by atoms with Crippen LogP contribution in [0.1, 0.15) is 6.92 Å². The number of rotatable bonds is 4. The predicted molar refractivity (Wildman–Crippen MR) is 37.7 cm³/mol. The Morgan fingerprint density at radius 1 is 1.73 bits per heavy atom. The zero-order valence-electron chi connectivity index (χ0n) is 6.36. The van der Waals surface area contributed by atoms with Crippen LogP contribution in [-0.4, -0.2) is 41.5 Å². The van der Waals surface area contributed by atoms with Crippen molar-refractivity contribution in [1.29, 1.82) is 0 Å². The molecule has 0 aliphatic heterocycles. The third-order valence-corrected chi connectivity index (χ3v) is 1.00. The maximum absolute atomic E-state index is 10.6. The lowest BCUT2D eigenvalue weighted by molar-refractivity contribution is -0.148. The van der Waals surface area contributed by atoms with Gasteiger partial charge >= 0.3 is 5.97 Å². The molecule has 0 heterocycles. The largest absolute Gasteiger partial charge is 0.462 e. The van der Waals surface area contributed by atoms with Crippen molar-refractivity contribution in [1.82, 2.24) is 0 Å².